The summed E-state index contributed by atoms with van der Waals surface area (Å²) >= 11 is 3.35. The largest absolute Gasteiger partial charge is 0.485 e. The van der Waals surface area contributed by atoms with Gasteiger partial charge in [-0.2, -0.15) is 0 Å². The third-order valence-corrected chi connectivity index (χ3v) is 2.77. The molecule has 1 heterocycles. The maximum atomic E-state index is 11.4. The first-order valence-corrected chi connectivity index (χ1v) is 5.92. The number of halogens is 1. The summed E-state index contributed by atoms with van der Waals surface area (Å²) in [4.78, 5) is 11.4. The molecule has 0 saturated carbocycles. The number of benzene rings is 1. The highest BCUT2D eigenvalue weighted by Gasteiger charge is 2.09. The number of ketones is 1. The number of carbonyl (C=O) groups excluding carboxylic acids is 1. The fourth-order valence-corrected chi connectivity index (χ4v) is 1.79. The van der Waals surface area contributed by atoms with Crippen LogP contribution in [0.3, 0.4) is 0 Å². The maximum absolute atomic E-state index is 11.4. The molecule has 4 heteroatoms. The van der Waals surface area contributed by atoms with Gasteiger partial charge in [0.05, 0.1) is 11.8 Å². The van der Waals surface area contributed by atoms with E-state index in [0.717, 1.165) is 10.2 Å². The Bertz CT molecular complexity index is 517. The molecule has 0 unspecified atom stereocenters. The first-order chi connectivity index (χ1) is 8.16. The van der Waals surface area contributed by atoms with Gasteiger partial charge in [-0.3, -0.25) is 4.79 Å². The van der Waals surface area contributed by atoms with Crippen molar-refractivity contribution < 1.29 is 13.9 Å². The monoisotopic (exact) mass is 294 g/mol. The summed E-state index contributed by atoms with van der Waals surface area (Å²) in [5.41, 5.74) is 0.569. The molecular weight excluding hydrogens is 284 g/mol. The van der Waals surface area contributed by atoms with Crippen molar-refractivity contribution in [2.24, 2.45) is 0 Å². The molecule has 0 bridgehead atoms. The van der Waals surface area contributed by atoms with Crippen molar-refractivity contribution in [3.8, 4) is 5.75 Å². The van der Waals surface area contributed by atoms with Crippen molar-refractivity contribution >= 4 is 21.7 Å². The van der Waals surface area contributed by atoms with Crippen LogP contribution in [0.25, 0.3) is 0 Å². The van der Waals surface area contributed by atoms with Crippen LogP contribution in [0.2, 0.25) is 0 Å². The van der Waals surface area contributed by atoms with Crippen molar-refractivity contribution in [3.05, 3.63) is 52.4 Å². The molecule has 1 aromatic carbocycles. The van der Waals surface area contributed by atoms with Crippen molar-refractivity contribution in [2.45, 2.75) is 13.5 Å². The Morgan fingerprint density at radius 2 is 2.24 bits per heavy atom. The van der Waals surface area contributed by atoms with Crippen LogP contribution in [0.5, 0.6) is 5.75 Å². The van der Waals surface area contributed by atoms with Crippen LogP contribution < -0.4 is 4.74 Å². The lowest BCUT2D eigenvalue weighted by atomic mass is 10.1. The molecule has 0 N–H and O–H groups in total. The molecule has 0 saturated heterocycles. The summed E-state index contributed by atoms with van der Waals surface area (Å²) in [5.74, 6) is 1.26. The Labute approximate surface area is 108 Å². The zero-order valence-electron chi connectivity index (χ0n) is 9.27. The van der Waals surface area contributed by atoms with Gasteiger partial charge in [0.15, 0.2) is 5.78 Å². The molecule has 3 nitrogen and oxygen atoms in total. The Morgan fingerprint density at radius 3 is 2.88 bits per heavy atom. The normalized spacial score (nSPS) is 10.2. The first kappa shape index (κ1) is 11.9. The van der Waals surface area contributed by atoms with Crippen LogP contribution in [-0.4, -0.2) is 5.78 Å². The summed E-state index contributed by atoms with van der Waals surface area (Å²) in [5, 5.41) is 0. The minimum atomic E-state index is -0.0213. The Kier molecular flexibility index (Phi) is 3.64. The second-order valence-corrected chi connectivity index (χ2v) is 4.48. The predicted octanol–water partition coefficient (Wildman–Crippen LogP) is 3.82. The average Bonchev–Trinajstić information content (AvgIpc) is 2.78. The van der Waals surface area contributed by atoms with Crippen LogP contribution in [-0.2, 0) is 6.61 Å². The Morgan fingerprint density at radius 1 is 1.41 bits per heavy atom. The highest BCUT2D eigenvalue weighted by atomic mass is 79.9. The third kappa shape index (κ3) is 2.97. The number of rotatable bonds is 4. The molecule has 0 aliphatic carbocycles. The summed E-state index contributed by atoms with van der Waals surface area (Å²) in [6.07, 6.45) is 1.59. The number of Topliss-reactive ketones (excluding diaryl/α,β-unsaturated/α-hetero) is 1. The van der Waals surface area contributed by atoms with Gasteiger partial charge in [0, 0.05) is 4.47 Å². The summed E-state index contributed by atoms with van der Waals surface area (Å²) in [7, 11) is 0. The zero-order valence-corrected chi connectivity index (χ0v) is 10.9. The molecule has 0 amide bonds. The number of hydrogen-bond donors (Lipinski definition) is 0. The van der Waals surface area contributed by atoms with Crippen LogP contribution in [0.15, 0.2) is 45.5 Å². The van der Waals surface area contributed by atoms with E-state index in [4.69, 9.17) is 9.15 Å². The highest BCUT2D eigenvalue weighted by molar-refractivity contribution is 9.10. The lowest BCUT2D eigenvalue weighted by Crippen LogP contribution is -2.01. The predicted molar refractivity (Wildman–Crippen MR) is 67.2 cm³/mol. The van der Waals surface area contributed by atoms with Gasteiger partial charge in [-0.05, 0) is 37.3 Å². The van der Waals surface area contributed by atoms with Gasteiger partial charge in [-0.1, -0.05) is 15.9 Å². The standard InChI is InChI=1S/C13H11BrO3/c1-9(15)12-5-4-10(14)7-13(12)17-8-11-3-2-6-16-11/h2-7H,8H2,1H3. The van der Waals surface area contributed by atoms with Crippen molar-refractivity contribution in [2.75, 3.05) is 0 Å². The van der Waals surface area contributed by atoms with Crippen LogP contribution >= 0.6 is 15.9 Å². The van der Waals surface area contributed by atoms with E-state index in [0.29, 0.717) is 17.9 Å². The second-order valence-electron chi connectivity index (χ2n) is 3.56. The minimum absolute atomic E-state index is 0.0213. The fourth-order valence-electron chi connectivity index (χ4n) is 1.45. The van der Waals surface area contributed by atoms with Gasteiger partial charge in [0.25, 0.3) is 0 Å². The SMILES string of the molecule is CC(=O)c1ccc(Br)cc1OCc1ccco1. The number of carbonyl (C=O) groups is 1. The Balaban J connectivity index is 2.19. The quantitative estimate of drug-likeness (QED) is 0.805. The first-order valence-electron chi connectivity index (χ1n) is 5.12. The third-order valence-electron chi connectivity index (χ3n) is 2.27. The van der Waals surface area contributed by atoms with E-state index < -0.39 is 0 Å². The molecular formula is C13H11BrO3. The second kappa shape index (κ2) is 5.19. The van der Waals surface area contributed by atoms with E-state index in [-0.39, 0.29) is 5.78 Å². The number of furan rings is 1. The highest BCUT2D eigenvalue weighted by Crippen LogP contribution is 2.25. The zero-order chi connectivity index (χ0) is 12.3. The van der Waals surface area contributed by atoms with E-state index in [1.54, 1.807) is 24.5 Å². The topological polar surface area (TPSA) is 39.4 Å². The molecule has 0 atom stereocenters. The van der Waals surface area contributed by atoms with E-state index in [9.17, 15) is 4.79 Å². The molecule has 0 fully saturated rings. The molecule has 88 valence electrons. The van der Waals surface area contributed by atoms with Gasteiger partial charge in [0.1, 0.15) is 18.1 Å². The fraction of sp³-hybridized carbons (Fsp3) is 0.154. The summed E-state index contributed by atoms with van der Waals surface area (Å²) in [6, 6.07) is 8.96. The molecule has 0 spiro atoms. The summed E-state index contributed by atoms with van der Waals surface area (Å²) < 4.78 is 11.6. The van der Waals surface area contributed by atoms with E-state index in [2.05, 4.69) is 15.9 Å². The van der Waals surface area contributed by atoms with Gasteiger partial charge in [-0.15, -0.1) is 0 Å². The van der Waals surface area contributed by atoms with Gasteiger partial charge in [0.2, 0.25) is 0 Å². The average molecular weight is 295 g/mol. The molecule has 0 aliphatic rings. The Hall–Kier alpha value is -1.55. The number of ether oxygens (including phenoxy) is 1. The molecule has 2 rings (SSSR count). The molecule has 17 heavy (non-hydrogen) atoms. The lowest BCUT2D eigenvalue weighted by Gasteiger charge is -2.08. The van der Waals surface area contributed by atoms with Crippen molar-refractivity contribution in [3.63, 3.8) is 0 Å². The van der Waals surface area contributed by atoms with E-state index >= 15 is 0 Å². The van der Waals surface area contributed by atoms with E-state index in [1.165, 1.54) is 6.92 Å². The van der Waals surface area contributed by atoms with Gasteiger partial charge in [-0.25, -0.2) is 0 Å². The lowest BCUT2D eigenvalue weighted by molar-refractivity contribution is 0.101. The van der Waals surface area contributed by atoms with Gasteiger partial charge >= 0.3 is 0 Å². The summed E-state index contributed by atoms with van der Waals surface area (Å²) in [6.45, 7) is 1.83. The van der Waals surface area contributed by atoms with Crippen molar-refractivity contribution in [1.29, 1.82) is 0 Å². The molecule has 0 aliphatic heterocycles. The van der Waals surface area contributed by atoms with Crippen LogP contribution in [0.4, 0.5) is 0 Å². The molecule has 2 aromatic rings. The molecule has 1 aromatic heterocycles. The van der Waals surface area contributed by atoms with Gasteiger partial charge < -0.3 is 9.15 Å². The minimum Gasteiger partial charge on any atom is -0.485 e. The number of hydrogen-bond acceptors (Lipinski definition) is 3. The van der Waals surface area contributed by atoms with E-state index in [1.807, 2.05) is 12.1 Å². The van der Waals surface area contributed by atoms with Crippen LogP contribution in [0.1, 0.15) is 23.0 Å². The van der Waals surface area contributed by atoms with Crippen LogP contribution in [0, 0.1) is 0 Å². The molecule has 0 radical (unpaired) electrons. The smallest absolute Gasteiger partial charge is 0.163 e. The van der Waals surface area contributed by atoms with Crippen molar-refractivity contribution in [1.82, 2.24) is 0 Å². The maximum Gasteiger partial charge on any atom is 0.163 e.